The van der Waals surface area contributed by atoms with Crippen molar-refractivity contribution in [2.75, 3.05) is 18.4 Å². The molecule has 1 saturated carbocycles. The van der Waals surface area contributed by atoms with E-state index >= 15 is 0 Å². The van der Waals surface area contributed by atoms with Crippen LogP contribution in [0.4, 0.5) is 18.9 Å². The number of halogens is 4. The molecule has 2 aliphatic carbocycles. The quantitative estimate of drug-likeness (QED) is 0.206. The molecule has 16 heteroatoms. The van der Waals surface area contributed by atoms with E-state index in [1.165, 1.54) is 22.8 Å². The van der Waals surface area contributed by atoms with Gasteiger partial charge in [-0.15, -0.1) is 5.10 Å². The van der Waals surface area contributed by atoms with Crippen LogP contribution in [0.1, 0.15) is 71.9 Å². The fraction of sp³-hybridized carbons (Fsp3) is 0.351. The molecule has 12 nitrogen and oxygen atoms in total. The van der Waals surface area contributed by atoms with Crippen LogP contribution in [0.25, 0.3) is 17.2 Å². The van der Waals surface area contributed by atoms with E-state index in [1.54, 1.807) is 47.6 Å². The van der Waals surface area contributed by atoms with Crippen molar-refractivity contribution in [3.8, 4) is 17.1 Å². The number of carbonyl (C=O) groups excluding carboxylic acids is 2. The van der Waals surface area contributed by atoms with Gasteiger partial charge in [-0.05, 0) is 74.9 Å². The zero-order chi connectivity index (χ0) is 37.6. The van der Waals surface area contributed by atoms with Gasteiger partial charge in [-0.1, -0.05) is 35.9 Å². The molecule has 3 aromatic heterocycles. The number of fused-ring (bicyclic) bond motifs is 6. The molecule has 4 heterocycles. The molecular weight excluding hydrogens is 715 g/mol. The van der Waals surface area contributed by atoms with Gasteiger partial charge in [-0.3, -0.25) is 14.4 Å². The minimum atomic E-state index is -4.62. The number of rotatable bonds is 6. The molecule has 8 rings (SSSR count). The summed E-state index contributed by atoms with van der Waals surface area (Å²) in [5.74, 6) is -0.901. The highest BCUT2D eigenvalue weighted by atomic mass is 35.5. The summed E-state index contributed by atoms with van der Waals surface area (Å²) in [4.78, 5) is 52.0. The van der Waals surface area contributed by atoms with Crippen molar-refractivity contribution in [2.45, 2.75) is 62.8 Å². The summed E-state index contributed by atoms with van der Waals surface area (Å²) in [5, 5.41) is 27.6. The molecule has 3 aliphatic rings. The predicted molar refractivity (Wildman–Crippen MR) is 187 cm³/mol. The Morgan fingerprint density at radius 2 is 1.75 bits per heavy atom. The molecule has 1 spiro atoms. The maximum Gasteiger partial charge on any atom is 0.416 e. The number of pyridine rings is 1. The maximum atomic E-state index is 14.5. The van der Waals surface area contributed by atoms with Crippen molar-refractivity contribution < 1.29 is 33.0 Å². The Morgan fingerprint density at radius 3 is 2.40 bits per heavy atom. The summed E-state index contributed by atoms with van der Waals surface area (Å²) in [6.45, 7) is 3.58. The molecule has 2 amide bonds. The number of aliphatic hydroxyl groups is 1. The lowest BCUT2D eigenvalue weighted by molar-refractivity contribution is -0.137. The first-order valence-electron chi connectivity index (χ1n) is 17.0. The summed E-state index contributed by atoms with van der Waals surface area (Å²) < 4.78 is 42.7. The predicted octanol–water partition coefficient (Wildman–Crippen LogP) is 5.49. The van der Waals surface area contributed by atoms with Crippen LogP contribution < -0.4 is 10.9 Å². The summed E-state index contributed by atoms with van der Waals surface area (Å²) in [6.07, 6.45) is -1.52. The highest BCUT2D eigenvalue weighted by molar-refractivity contribution is 6.33. The Kier molecular flexibility index (Phi) is 7.96. The Morgan fingerprint density at radius 1 is 1.06 bits per heavy atom. The monoisotopic (exact) mass is 747 g/mol. The lowest BCUT2D eigenvalue weighted by atomic mass is 9.71. The van der Waals surface area contributed by atoms with Crippen LogP contribution in [0.3, 0.4) is 0 Å². The van der Waals surface area contributed by atoms with Crippen molar-refractivity contribution >= 4 is 34.9 Å². The first-order chi connectivity index (χ1) is 25.1. The minimum Gasteiger partial charge on any atom is -0.505 e. The van der Waals surface area contributed by atoms with Gasteiger partial charge in [0.2, 0.25) is 11.7 Å². The highest BCUT2D eigenvalue weighted by Crippen LogP contribution is 2.67. The smallest absolute Gasteiger partial charge is 0.416 e. The fourth-order valence-corrected chi connectivity index (χ4v) is 8.32. The number of likely N-dealkylation sites (tertiary alicyclic amines) is 1. The van der Waals surface area contributed by atoms with Gasteiger partial charge in [0, 0.05) is 47.4 Å². The van der Waals surface area contributed by atoms with Crippen molar-refractivity contribution in [1.29, 1.82) is 0 Å². The number of benzene rings is 2. The molecule has 0 radical (unpaired) electrons. The number of amides is 2. The number of hydrogen-bond donors (Lipinski definition) is 3. The van der Waals surface area contributed by atoms with Crippen LogP contribution in [0.2, 0.25) is 5.02 Å². The number of carbonyl (C=O) groups is 2. The highest BCUT2D eigenvalue weighted by Gasteiger charge is 2.64. The van der Waals surface area contributed by atoms with Crippen LogP contribution in [-0.4, -0.2) is 64.2 Å². The van der Waals surface area contributed by atoms with E-state index in [4.69, 9.17) is 16.6 Å². The Balaban J connectivity index is 1.19. The summed E-state index contributed by atoms with van der Waals surface area (Å²) in [6, 6.07) is 12.5. The van der Waals surface area contributed by atoms with E-state index in [1.807, 2.05) is 0 Å². The van der Waals surface area contributed by atoms with Crippen LogP contribution in [0, 0.1) is 5.92 Å². The standard InChI is InChI=1S/C37H33ClF3N7O5/c1-35(2,53)20-7-5-19(6-8-20)31-44-34-47(18-27(50)43-25-10-9-21(16-24(25)38)37(39,40)41)30-22-17-23(22)36(28(30)32(51)48(34)45-31)11-14-46(15-12-36)33(52)29-26(49)4-3-13-42-29/h3-10,13,16,22-23,49,53H,11-12,14-15,17-18H2,1-2H3,(H,43,50)/t22-,23+/m0/s1. The SMILES string of the molecule is CC(C)(O)c1ccc(-c2nc3n(CC(=O)Nc4ccc(C(F)(F)F)cc4Cl)c4c(c(=O)n3n2)C2(CCN(C(=O)c3ncccc3O)CC2)[C@@H]2C[C@H]42)cc1. The number of aromatic nitrogens is 5. The molecule has 2 atom stereocenters. The molecular formula is C37H33ClF3N7O5. The second-order valence-corrected chi connectivity index (χ2v) is 14.9. The van der Waals surface area contributed by atoms with Crippen molar-refractivity contribution in [3.63, 3.8) is 0 Å². The summed E-state index contributed by atoms with van der Waals surface area (Å²) in [7, 11) is 0. The van der Waals surface area contributed by atoms with Gasteiger partial charge in [-0.2, -0.15) is 22.7 Å². The van der Waals surface area contributed by atoms with Crippen LogP contribution in [0.15, 0.2) is 65.6 Å². The summed E-state index contributed by atoms with van der Waals surface area (Å²) in [5.41, 5.74) is -0.716. The first-order valence-corrected chi connectivity index (χ1v) is 17.4. The molecule has 2 fully saturated rings. The average molecular weight is 748 g/mol. The fourth-order valence-electron chi connectivity index (χ4n) is 8.09. The normalized spacial score (nSPS) is 19.0. The molecule has 1 aliphatic heterocycles. The molecule has 0 unspecified atom stereocenters. The van der Waals surface area contributed by atoms with E-state index < -0.39 is 34.6 Å². The van der Waals surface area contributed by atoms with E-state index in [-0.39, 0.29) is 57.7 Å². The van der Waals surface area contributed by atoms with E-state index in [0.717, 1.165) is 24.6 Å². The van der Waals surface area contributed by atoms with Gasteiger partial charge in [-0.25, -0.2) is 4.98 Å². The number of nitrogens with one attached hydrogen (secondary N) is 1. The Bertz CT molecular complexity index is 2380. The van der Waals surface area contributed by atoms with E-state index in [2.05, 4.69) is 15.4 Å². The second-order valence-electron chi connectivity index (χ2n) is 14.4. The number of aromatic hydroxyl groups is 1. The molecule has 0 bridgehead atoms. The number of nitrogens with zero attached hydrogens (tertiary/aromatic N) is 6. The first kappa shape index (κ1) is 34.8. The lowest BCUT2D eigenvalue weighted by Gasteiger charge is -2.41. The van der Waals surface area contributed by atoms with Gasteiger partial charge in [0.25, 0.3) is 11.5 Å². The molecule has 1 saturated heterocycles. The molecule has 274 valence electrons. The largest absolute Gasteiger partial charge is 0.505 e. The number of hydrogen-bond acceptors (Lipinski definition) is 8. The van der Waals surface area contributed by atoms with Gasteiger partial charge < -0.3 is 25.0 Å². The third kappa shape index (κ3) is 5.82. The van der Waals surface area contributed by atoms with Crippen LogP contribution in [0.5, 0.6) is 5.75 Å². The third-order valence-corrected chi connectivity index (χ3v) is 11.1. The Hall–Kier alpha value is -5.28. The molecule has 3 N–H and O–H groups in total. The van der Waals surface area contributed by atoms with Crippen molar-refractivity contribution in [1.82, 2.24) is 29.0 Å². The summed E-state index contributed by atoms with van der Waals surface area (Å²) >= 11 is 6.16. The zero-order valence-electron chi connectivity index (χ0n) is 28.5. The lowest BCUT2D eigenvalue weighted by Crippen LogP contribution is -2.48. The van der Waals surface area contributed by atoms with Crippen molar-refractivity contribution in [3.05, 3.63) is 104 Å². The zero-order valence-corrected chi connectivity index (χ0v) is 29.2. The van der Waals surface area contributed by atoms with Gasteiger partial charge in [0.05, 0.1) is 21.9 Å². The Labute approximate surface area is 304 Å². The minimum absolute atomic E-state index is 0.0100. The molecule has 2 aromatic carbocycles. The van der Waals surface area contributed by atoms with Gasteiger partial charge in [0.1, 0.15) is 12.3 Å². The van der Waals surface area contributed by atoms with Crippen molar-refractivity contribution in [2.24, 2.45) is 5.92 Å². The van der Waals surface area contributed by atoms with Crippen LogP contribution >= 0.6 is 11.6 Å². The topological polar surface area (TPSA) is 155 Å². The molecule has 5 aromatic rings. The number of piperidine rings is 1. The van der Waals surface area contributed by atoms with Gasteiger partial charge in [0.15, 0.2) is 11.5 Å². The number of anilines is 1. The second kappa shape index (κ2) is 12.1. The molecule has 53 heavy (non-hydrogen) atoms. The van der Waals surface area contributed by atoms with E-state index in [9.17, 15) is 37.8 Å². The third-order valence-electron chi connectivity index (χ3n) is 10.8. The average Bonchev–Trinajstić information content (AvgIpc) is 3.71. The van der Waals surface area contributed by atoms with Crippen LogP contribution in [-0.2, 0) is 28.5 Å². The maximum absolute atomic E-state index is 14.5. The number of alkyl halides is 3. The van der Waals surface area contributed by atoms with E-state index in [0.29, 0.717) is 48.3 Å². The van der Waals surface area contributed by atoms with Gasteiger partial charge >= 0.3 is 6.18 Å².